The lowest BCUT2D eigenvalue weighted by Gasteiger charge is -2.12. The Morgan fingerprint density at radius 3 is 0.862 bits per heavy atom. The molecule has 116 heavy (non-hydrogen) atoms. The fourth-order valence-electron chi connectivity index (χ4n) is 16.1. The number of para-hydroxylation sites is 2. The van der Waals surface area contributed by atoms with E-state index in [1.54, 1.807) is 37.2 Å². The molecule has 0 atom stereocenters. The lowest BCUT2D eigenvalue weighted by molar-refractivity contribution is 0.635. The Morgan fingerprint density at radius 2 is 0.483 bits per heavy atom. The topological polar surface area (TPSA) is 152 Å². The summed E-state index contributed by atoms with van der Waals surface area (Å²) in [5.41, 5.74) is 26.3. The normalized spacial score (nSPS) is 11.4. The van der Waals surface area contributed by atoms with Crippen LogP contribution in [0.4, 0.5) is 0 Å². The summed E-state index contributed by atoms with van der Waals surface area (Å²) in [6, 6.07) is 120. The Balaban J connectivity index is 0.000000145. The van der Waals surface area contributed by atoms with E-state index in [9.17, 15) is 0 Å². The van der Waals surface area contributed by atoms with Gasteiger partial charge in [0.2, 0.25) is 0 Å². The standard InChI is InChI=1S/C52H33N5O.C51H32N6O/c1-3-9-38(10-4-1)48-43-23-24-47-49(51(43)58-50(48)39-11-5-2-6-12-39)42-13-7-8-14-46(42)57(47)41-21-19-37(20-22-41)45-33-44(55-52(56-45)40-27-31-54-32-28-40)36-17-15-34(16-18-36)35-25-29-53-30-26-35;1-3-9-35(10-4-1)45-42-23-24-44-46(48(42)58-47(45)36-11-5-2-6-12-36)41-13-7-8-14-43(41)57(44)40-21-19-38(20-22-40)50-54-49(55-51(56-50)39-27-31-53-32-28-39)37-17-15-33(16-18-37)34-25-29-52-30-26-34/h1-33H;1-32H. The van der Waals surface area contributed by atoms with E-state index in [1.807, 2.05) is 79.1 Å². The van der Waals surface area contributed by atoms with E-state index in [0.29, 0.717) is 23.3 Å². The van der Waals surface area contributed by atoms with Crippen LogP contribution in [0.15, 0.2) is 404 Å². The zero-order chi connectivity index (χ0) is 76.8. The van der Waals surface area contributed by atoms with Crippen molar-refractivity contribution in [1.82, 2.24) is 54.0 Å². The molecule has 0 fully saturated rings. The molecule has 10 heterocycles. The molecule has 0 radical (unpaired) electrons. The summed E-state index contributed by atoms with van der Waals surface area (Å²) >= 11 is 0. The van der Waals surface area contributed by atoms with E-state index in [4.69, 9.17) is 33.8 Å². The molecule has 22 aromatic rings. The van der Waals surface area contributed by atoms with Crippen molar-refractivity contribution in [2.75, 3.05) is 0 Å². The van der Waals surface area contributed by atoms with Gasteiger partial charge in [-0.1, -0.05) is 218 Å². The van der Waals surface area contributed by atoms with E-state index in [1.165, 1.54) is 0 Å². The Bertz CT molecular complexity index is 6910. The number of rotatable bonds is 14. The SMILES string of the molecule is c1ccc(-c2oc3c(ccc4c3c3ccccc3n4-c3ccc(-c4cc(-c5ccc(-c6ccncc6)cc5)nc(-c5ccncc5)n4)cc3)c2-c2ccccc2)cc1.c1ccc(-c2oc3c(ccc4c3c3ccccc3n4-c3ccc(-c4nc(-c5ccncc5)nc(-c5ccc(-c6ccncc6)cc5)n4)cc3)c2-c2ccccc2)cc1. The predicted octanol–water partition coefficient (Wildman–Crippen LogP) is 25.6. The van der Waals surface area contributed by atoms with Gasteiger partial charge in [0.1, 0.15) is 22.7 Å². The van der Waals surface area contributed by atoms with Gasteiger partial charge in [-0.2, -0.15) is 0 Å². The maximum Gasteiger partial charge on any atom is 0.164 e. The fraction of sp³-hybridized carbons (Fsp3) is 0. The molecular weight excluding hydrogens is 1420 g/mol. The maximum absolute atomic E-state index is 6.98. The summed E-state index contributed by atoms with van der Waals surface area (Å²) in [6.07, 6.45) is 14.3. The van der Waals surface area contributed by atoms with Gasteiger partial charge in [-0.3, -0.25) is 19.9 Å². The highest BCUT2D eigenvalue weighted by Gasteiger charge is 2.27. The second-order valence-electron chi connectivity index (χ2n) is 28.4. The number of fused-ring (bicyclic) bond motifs is 10. The molecule has 13 heteroatoms. The van der Waals surface area contributed by atoms with Gasteiger partial charge >= 0.3 is 0 Å². The van der Waals surface area contributed by atoms with Crippen molar-refractivity contribution >= 4 is 65.6 Å². The Labute approximate surface area is 666 Å². The molecule has 13 nitrogen and oxygen atoms in total. The van der Waals surface area contributed by atoms with E-state index < -0.39 is 0 Å². The van der Waals surface area contributed by atoms with E-state index in [0.717, 1.165) is 189 Å². The zero-order valence-electron chi connectivity index (χ0n) is 62.3. The third-order valence-corrected chi connectivity index (χ3v) is 21.6. The van der Waals surface area contributed by atoms with Gasteiger partial charge in [-0.25, -0.2) is 24.9 Å². The molecular formula is C103H65N11O2. The maximum atomic E-state index is 6.98. The fourth-order valence-corrected chi connectivity index (χ4v) is 16.1. The number of benzene rings is 12. The second-order valence-corrected chi connectivity index (χ2v) is 28.4. The number of furan rings is 2. The summed E-state index contributed by atoms with van der Waals surface area (Å²) in [4.78, 5) is 41.8. The molecule has 544 valence electrons. The summed E-state index contributed by atoms with van der Waals surface area (Å²) in [6.45, 7) is 0. The van der Waals surface area contributed by atoms with Crippen molar-refractivity contribution in [2.45, 2.75) is 0 Å². The van der Waals surface area contributed by atoms with Crippen LogP contribution in [0.25, 0.3) is 212 Å². The van der Waals surface area contributed by atoms with E-state index >= 15 is 0 Å². The lowest BCUT2D eigenvalue weighted by Crippen LogP contribution is -2.00. The molecule has 22 rings (SSSR count). The average molecular weight is 1490 g/mol. The summed E-state index contributed by atoms with van der Waals surface area (Å²) in [5.74, 6) is 4.14. The monoisotopic (exact) mass is 1490 g/mol. The van der Waals surface area contributed by atoms with Crippen LogP contribution in [-0.4, -0.2) is 54.0 Å². The Hall–Kier alpha value is -16.0. The third kappa shape index (κ3) is 12.5. The van der Waals surface area contributed by atoms with Crippen LogP contribution in [0.5, 0.6) is 0 Å². The van der Waals surface area contributed by atoms with Crippen LogP contribution >= 0.6 is 0 Å². The molecule has 12 aromatic carbocycles. The van der Waals surface area contributed by atoms with Crippen molar-refractivity contribution < 1.29 is 8.83 Å². The molecule has 0 bridgehead atoms. The number of nitrogens with zero attached hydrogens (tertiary/aromatic N) is 11. The minimum atomic E-state index is 0.583. The van der Waals surface area contributed by atoms with Crippen LogP contribution in [-0.2, 0) is 0 Å². The highest BCUT2D eigenvalue weighted by atomic mass is 16.3. The second kappa shape index (κ2) is 29.4. The molecule has 0 saturated heterocycles. The van der Waals surface area contributed by atoms with Gasteiger partial charge in [-0.05, 0) is 161 Å². The summed E-state index contributed by atoms with van der Waals surface area (Å²) in [7, 11) is 0. The Kier molecular flexibility index (Phi) is 17.2. The average Bonchev–Trinajstić information content (AvgIpc) is 1.56. The van der Waals surface area contributed by atoms with Crippen molar-refractivity contribution in [2.24, 2.45) is 0 Å². The van der Waals surface area contributed by atoms with Crippen LogP contribution in [0.1, 0.15) is 0 Å². The molecule has 0 saturated carbocycles. The van der Waals surface area contributed by atoms with Crippen LogP contribution in [0, 0.1) is 0 Å². The molecule has 10 aromatic heterocycles. The first-order valence-electron chi connectivity index (χ1n) is 38.4. The zero-order valence-corrected chi connectivity index (χ0v) is 62.3. The van der Waals surface area contributed by atoms with Crippen LogP contribution in [0.2, 0.25) is 0 Å². The molecule has 0 aliphatic carbocycles. The minimum Gasteiger partial charge on any atom is -0.455 e. The molecule has 0 aliphatic rings. The molecule has 0 spiro atoms. The summed E-state index contributed by atoms with van der Waals surface area (Å²) < 4.78 is 18.6. The molecule has 0 amide bonds. The lowest BCUT2D eigenvalue weighted by atomic mass is 9.98. The molecule has 0 N–H and O–H groups in total. The van der Waals surface area contributed by atoms with E-state index in [2.05, 4.69) is 308 Å². The van der Waals surface area contributed by atoms with Gasteiger partial charge in [0, 0.05) is 138 Å². The number of pyridine rings is 4. The molecule has 0 unspecified atom stereocenters. The predicted molar refractivity (Wildman–Crippen MR) is 466 cm³/mol. The van der Waals surface area contributed by atoms with Crippen LogP contribution < -0.4 is 0 Å². The number of hydrogen-bond acceptors (Lipinski definition) is 11. The van der Waals surface area contributed by atoms with E-state index in [-0.39, 0.29) is 0 Å². The Morgan fingerprint density at radius 1 is 0.198 bits per heavy atom. The third-order valence-electron chi connectivity index (χ3n) is 21.6. The smallest absolute Gasteiger partial charge is 0.164 e. The van der Waals surface area contributed by atoms with Crippen LogP contribution in [0.3, 0.4) is 0 Å². The molecule has 0 aliphatic heterocycles. The van der Waals surface area contributed by atoms with Gasteiger partial charge in [0.25, 0.3) is 0 Å². The van der Waals surface area contributed by atoms with Gasteiger partial charge < -0.3 is 18.0 Å². The van der Waals surface area contributed by atoms with Crippen molar-refractivity contribution in [3.63, 3.8) is 0 Å². The minimum absolute atomic E-state index is 0.583. The first kappa shape index (κ1) is 68.1. The summed E-state index contributed by atoms with van der Waals surface area (Å²) in [5, 5.41) is 6.60. The van der Waals surface area contributed by atoms with Gasteiger partial charge in [0.15, 0.2) is 23.3 Å². The highest BCUT2D eigenvalue weighted by Crippen LogP contribution is 2.49. The van der Waals surface area contributed by atoms with Gasteiger partial charge in [0.05, 0.1) is 44.2 Å². The van der Waals surface area contributed by atoms with Crippen molar-refractivity contribution in [3.8, 4) is 147 Å². The van der Waals surface area contributed by atoms with Gasteiger partial charge in [-0.15, -0.1) is 0 Å². The first-order chi connectivity index (χ1) is 57.5. The number of aromatic nitrogens is 11. The van der Waals surface area contributed by atoms with Crippen molar-refractivity contribution in [1.29, 1.82) is 0 Å². The first-order valence-corrected chi connectivity index (χ1v) is 38.4. The quantitative estimate of drug-likeness (QED) is 0.102. The number of hydrogen-bond donors (Lipinski definition) is 0. The highest BCUT2D eigenvalue weighted by molar-refractivity contribution is 6.24. The largest absolute Gasteiger partial charge is 0.455 e. The van der Waals surface area contributed by atoms with Crippen molar-refractivity contribution in [3.05, 3.63) is 395 Å².